The van der Waals surface area contributed by atoms with Gasteiger partial charge >= 0.3 is 0 Å². The number of hydrogen-bond donors (Lipinski definition) is 1. The Kier molecular flexibility index (Phi) is 4.65. The Morgan fingerprint density at radius 1 is 1.53 bits per heavy atom. The lowest BCUT2D eigenvalue weighted by molar-refractivity contribution is 0.807. The minimum atomic E-state index is 0.524. The molecule has 0 saturated carbocycles. The fourth-order valence-electron chi connectivity index (χ4n) is 1.38. The van der Waals surface area contributed by atoms with Gasteiger partial charge in [0.1, 0.15) is 5.82 Å². The van der Waals surface area contributed by atoms with E-state index in [1.54, 1.807) is 6.20 Å². The molecule has 0 amide bonds. The van der Waals surface area contributed by atoms with E-state index in [1.807, 2.05) is 12.1 Å². The zero-order valence-corrected chi connectivity index (χ0v) is 9.11. The molecule has 1 aromatic heterocycles. The van der Waals surface area contributed by atoms with Crippen molar-refractivity contribution in [3.05, 3.63) is 23.9 Å². The van der Waals surface area contributed by atoms with E-state index in [9.17, 15) is 0 Å². The summed E-state index contributed by atoms with van der Waals surface area (Å²) in [6.45, 7) is 4.18. The summed E-state index contributed by atoms with van der Waals surface area (Å²) in [6, 6.07) is 3.96. The van der Waals surface area contributed by atoms with Gasteiger partial charge in [0.15, 0.2) is 0 Å². The van der Waals surface area contributed by atoms with E-state index < -0.39 is 0 Å². The summed E-state index contributed by atoms with van der Waals surface area (Å²) in [5.41, 5.74) is 6.55. The highest BCUT2D eigenvalue weighted by atomic mass is 15.2. The molecule has 0 saturated heterocycles. The van der Waals surface area contributed by atoms with E-state index in [-0.39, 0.29) is 0 Å². The number of nitrogens with two attached hydrogens (primary N) is 1. The molecule has 0 aliphatic heterocycles. The van der Waals surface area contributed by atoms with Crippen LogP contribution in [0.15, 0.2) is 18.3 Å². The number of pyridine rings is 1. The van der Waals surface area contributed by atoms with Gasteiger partial charge in [0.25, 0.3) is 0 Å². The van der Waals surface area contributed by atoms with Crippen LogP contribution in [0.3, 0.4) is 0 Å². The lowest BCUT2D eigenvalue weighted by atomic mass is 10.3. The monoisotopic (exact) mass is 203 g/mol. The van der Waals surface area contributed by atoms with E-state index >= 15 is 0 Å². The summed E-state index contributed by atoms with van der Waals surface area (Å²) < 4.78 is 0. The summed E-state index contributed by atoms with van der Waals surface area (Å²) in [7, 11) is 0. The zero-order valence-electron chi connectivity index (χ0n) is 9.11. The smallest absolute Gasteiger partial charge is 0.129 e. The topological polar surface area (TPSA) is 42.1 Å². The van der Waals surface area contributed by atoms with E-state index in [2.05, 4.69) is 22.7 Å². The van der Waals surface area contributed by atoms with Crippen LogP contribution in [0.1, 0.15) is 18.9 Å². The number of aromatic nitrogens is 1. The summed E-state index contributed by atoms with van der Waals surface area (Å²) in [6.07, 6.45) is 8.17. The van der Waals surface area contributed by atoms with Crippen molar-refractivity contribution < 1.29 is 0 Å². The number of rotatable bonds is 5. The maximum absolute atomic E-state index is 5.51. The highest BCUT2D eigenvalue weighted by Gasteiger charge is 2.04. The lowest BCUT2D eigenvalue weighted by Crippen LogP contribution is -2.25. The molecule has 0 fully saturated rings. The van der Waals surface area contributed by atoms with Crippen LogP contribution in [-0.2, 0) is 6.54 Å². The highest BCUT2D eigenvalue weighted by molar-refractivity contribution is 5.40. The minimum absolute atomic E-state index is 0.524. The van der Waals surface area contributed by atoms with Gasteiger partial charge in [-0.25, -0.2) is 4.98 Å². The number of hydrogen-bond acceptors (Lipinski definition) is 3. The van der Waals surface area contributed by atoms with Crippen LogP contribution in [0.2, 0.25) is 0 Å². The molecule has 0 spiro atoms. The first-order chi connectivity index (χ1) is 7.31. The summed E-state index contributed by atoms with van der Waals surface area (Å²) in [4.78, 5) is 6.42. The second-order valence-corrected chi connectivity index (χ2v) is 3.35. The van der Waals surface area contributed by atoms with Gasteiger partial charge in [-0.2, -0.15) is 0 Å². The van der Waals surface area contributed by atoms with Gasteiger partial charge in [0.05, 0.1) is 6.54 Å². The van der Waals surface area contributed by atoms with Crippen molar-refractivity contribution in [2.75, 3.05) is 18.0 Å². The van der Waals surface area contributed by atoms with Crippen LogP contribution < -0.4 is 10.6 Å². The molecule has 3 heteroatoms. The molecular weight excluding hydrogens is 186 g/mol. The van der Waals surface area contributed by atoms with Crippen molar-refractivity contribution in [3.8, 4) is 12.3 Å². The van der Waals surface area contributed by atoms with Crippen LogP contribution >= 0.6 is 0 Å². The average Bonchev–Trinajstić information content (AvgIpc) is 2.29. The molecule has 1 heterocycles. The fraction of sp³-hybridized carbons (Fsp3) is 0.417. The van der Waals surface area contributed by atoms with Crippen LogP contribution in [-0.4, -0.2) is 18.1 Å². The molecule has 1 rings (SSSR count). The molecule has 80 valence electrons. The van der Waals surface area contributed by atoms with Gasteiger partial charge in [-0.15, -0.1) is 6.42 Å². The molecule has 0 radical (unpaired) electrons. The van der Waals surface area contributed by atoms with Crippen LogP contribution in [0.4, 0.5) is 5.82 Å². The van der Waals surface area contributed by atoms with Crippen molar-refractivity contribution in [2.45, 2.75) is 19.9 Å². The highest BCUT2D eigenvalue weighted by Crippen LogP contribution is 2.11. The summed E-state index contributed by atoms with van der Waals surface area (Å²) >= 11 is 0. The van der Waals surface area contributed by atoms with Crippen LogP contribution in [0, 0.1) is 12.3 Å². The second kappa shape index (κ2) is 6.05. The Bertz CT molecular complexity index is 324. The lowest BCUT2D eigenvalue weighted by Gasteiger charge is -2.20. The van der Waals surface area contributed by atoms with Crippen LogP contribution in [0.5, 0.6) is 0 Å². The number of terminal acetylenes is 1. The van der Waals surface area contributed by atoms with E-state index in [0.717, 1.165) is 24.3 Å². The van der Waals surface area contributed by atoms with Crippen molar-refractivity contribution in [3.63, 3.8) is 0 Å². The third kappa shape index (κ3) is 3.26. The first-order valence-electron chi connectivity index (χ1n) is 5.15. The molecule has 0 unspecified atom stereocenters. The molecule has 0 atom stereocenters. The van der Waals surface area contributed by atoms with Crippen molar-refractivity contribution >= 4 is 5.82 Å². The van der Waals surface area contributed by atoms with Gasteiger partial charge in [-0.1, -0.05) is 18.9 Å². The maximum atomic E-state index is 5.51. The predicted molar refractivity (Wildman–Crippen MR) is 63.5 cm³/mol. The number of anilines is 1. The Morgan fingerprint density at radius 2 is 2.33 bits per heavy atom. The molecule has 0 aromatic carbocycles. The molecule has 1 aromatic rings. The Balaban J connectivity index is 2.77. The molecule has 2 N–H and O–H groups in total. The van der Waals surface area contributed by atoms with Gasteiger partial charge in [0, 0.05) is 19.3 Å². The van der Waals surface area contributed by atoms with Crippen molar-refractivity contribution in [1.82, 2.24) is 4.98 Å². The van der Waals surface area contributed by atoms with Crippen LogP contribution in [0.25, 0.3) is 0 Å². The van der Waals surface area contributed by atoms with E-state index in [1.165, 1.54) is 0 Å². The molecule has 0 aliphatic carbocycles. The SMILES string of the molecule is C#CCN(CCC)c1ccc(CN)cn1. The Labute approximate surface area is 91.3 Å². The van der Waals surface area contributed by atoms with Gasteiger partial charge < -0.3 is 10.6 Å². The molecule has 15 heavy (non-hydrogen) atoms. The first-order valence-corrected chi connectivity index (χ1v) is 5.15. The van der Waals surface area contributed by atoms with E-state index in [0.29, 0.717) is 13.1 Å². The fourth-order valence-corrected chi connectivity index (χ4v) is 1.38. The maximum Gasteiger partial charge on any atom is 0.129 e. The largest absolute Gasteiger partial charge is 0.345 e. The van der Waals surface area contributed by atoms with Crippen molar-refractivity contribution in [2.24, 2.45) is 5.73 Å². The van der Waals surface area contributed by atoms with Gasteiger partial charge in [-0.05, 0) is 18.1 Å². The Morgan fingerprint density at radius 3 is 2.80 bits per heavy atom. The summed E-state index contributed by atoms with van der Waals surface area (Å²) in [5.74, 6) is 3.56. The second-order valence-electron chi connectivity index (χ2n) is 3.35. The van der Waals surface area contributed by atoms with E-state index in [4.69, 9.17) is 12.2 Å². The molecule has 3 nitrogen and oxygen atoms in total. The minimum Gasteiger partial charge on any atom is -0.345 e. The third-order valence-corrected chi connectivity index (χ3v) is 2.14. The quantitative estimate of drug-likeness (QED) is 0.735. The zero-order chi connectivity index (χ0) is 11.1. The summed E-state index contributed by atoms with van der Waals surface area (Å²) in [5, 5.41) is 0. The molecular formula is C12H17N3. The standard InChI is InChI=1S/C12H17N3/c1-3-7-15(8-4-2)12-6-5-11(9-13)10-14-12/h1,5-6,10H,4,7-9,13H2,2H3. The van der Waals surface area contributed by atoms with Gasteiger partial charge in [0.2, 0.25) is 0 Å². The number of nitrogens with zero attached hydrogens (tertiary/aromatic N) is 2. The average molecular weight is 203 g/mol. The third-order valence-electron chi connectivity index (χ3n) is 2.14. The normalized spacial score (nSPS) is 9.67. The Hall–Kier alpha value is -1.53. The first kappa shape index (κ1) is 11.5. The van der Waals surface area contributed by atoms with Crippen molar-refractivity contribution in [1.29, 1.82) is 0 Å². The molecule has 0 bridgehead atoms. The predicted octanol–water partition coefficient (Wildman–Crippen LogP) is 1.39. The molecule has 0 aliphatic rings. The van der Waals surface area contributed by atoms with Gasteiger partial charge in [-0.3, -0.25) is 0 Å².